The molecule has 1 aliphatic rings. The maximum Gasteiger partial charge on any atom is 0.113 e. The molecule has 2 heterocycles. The molecule has 20 heavy (non-hydrogen) atoms. The first-order valence-electron chi connectivity index (χ1n) is 7.29. The summed E-state index contributed by atoms with van der Waals surface area (Å²) in [5, 5.41) is 4.69. The lowest BCUT2D eigenvalue weighted by Gasteiger charge is -2.25. The average Bonchev–Trinajstić information content (AvgIpc) is 2.53. The molecule has 1 aromatic carbocycles. The third-order valence-corrected chi connectivity index (χ3v) is 3.62. The molecule has 0 saturated carbocycles. The topological polar surface area (TPSA) is 34.1 Å². The number of likely N-dealkylation sites (N-methyl/N-ethyl adjacent to an activating group) is 1. The highest BCUT2D eigenvalue weighted by Crippen LogP contribution is 2.28. The lowest BCUT2D eigenvalue weighted by Crippen LogP contribution is -2.25. The van der Waals surface area contributed by atoms with E-state index in [4.69, 9.17) is 4.74 Å². The highest BCUT2D eigenvalue weighted by atomic mass is 16.5. The molecule has 1 unspecified atom stereocenters. The van der Waals surface area contributed by atoms with Crippen molar-refractivity contribution in [1.29, 1.82) is 0 Å². The summed E-state index contributed by atoms with van der Waals surface area (Å²) >= 11 is 0. The van der Waals surface area contributed by atoms with Gasteiger partial charge in [-0.05, 0) is 49.2 Å². The molecule has 0 fully saturated rings. The molecule has 1 aliphatic heterocycles. The predicted molar refractivity (Wildman–Crippen MR) is 81.4 cm³/mol. The van der Waals surface area contributed by atoms with Crippen LogP contribution < -0.4 is 5.32 Å². The maximum absolute atomic E-state index is 5.84. The van der Waals surface area contributed by atoms with Crippen molar-refractivity contribution in [3.8, 4) is 0 Å². The van der Waals surface area contributed by atoms with Gasteiger partial charge in [0.2, 0.25) is 0 Å². The van der Waals surface area contributed by atoms with Gasteiger partial charge in [-0.1, -0.05) is 19.1 Å². The molecule has 1 atom stereocenters. The molecule has 3 nitrogen and oxygen atoms in total. The molecule has 3 rings (SSSR count). The lowest BCUT2D eigenvalue weighted by atomic mass is 10.0. The minimum Gasteiger partial charge on any atom is -0.496 e. The first-order valence-corrected chi connectivity index (χ1v) is 7.29. The maximum atomic E-state index is 5.84. The summed E-state index contributed by atoms with van der Waals surface area (Å²) in [6.45, 7) is 3.86. The number of nitrogens with one attached hydrogen (secondary N) is 1. The number of nitrogens with zero attached hydrogens (tertiary/aromatic N) is 1. The molecule has 0 bridgehead atoms. The van der Waals surface area contributed by atoms with Crippen LogP contribution in [0.15, 0.2) is 48.4 Å². The van der Waals surface area contributed by atoms with Crippen LogP contribution >= 0.6 is 0 Å². The van der Waals surface area contributed by atoms with Crippen LogP contribution in [0.25, 0.3) is 10.9 Å². The summed E-state index contributed by atoms with van der Waals surface area (Å²) in [6, 6.07) is 10.6. The van der Waals surface area contributed by atoms with E-state index in [0.29, 0.717) is 0 Å². The summed E-state index contributed by atoms with van der Waals surface area (Å²) in [5.41, 5.74) is 2.27. The number of rotatable bonds is 4. The van der Waals surface area contributed by atoms with Gasteiger partial charge in [-0.25, -0.2) is 0 Å². The van der Waals surface area contributed by atoms with E-state index in [1.54, 1.807) is 0 Å². The average molecular weight is 268 g/mol. The molecule has 1 aromatic heterocycles. The Morgan fingerprint density at radius 1 is 1.35 bits per heavy atom. The molecule has 0 saturated heterocycles. The van der Waals surface area contributed by atoms with Gasteiger partial charge in [-0.3, -0.25) is 4.98 Å². The zero-order chi connectivity index (χ0) is 13.8. The van der Waals surface area contributed by atoms with Crippen LogP contribution in [0.4, 0.5) is 0 Å². The van der Waals surface area contributed by atoms with E-state index < -0.39 is 0 Å². The SMILES string of the molecule is CCNC(C1=CCCCO1)c1ccc2ncccc2c1. The molecule has 2 aromatic rings. The fourth-order valence-electron chi connectivity index (χ4n) is 2.64. The van der Waals surface area contributed by atoms with Crippen LogP contribution in [0.2, 0.25) is 0 Å². The molecule has 0 amide bonds. The van der Waals surface area contributed by atoms with Crippen LogP contribution in [-0.2, 0) is 4.74 Å². The van der Waals surface area contributed by atoms with Gasteiger partial charge in [-0.15, -0.1) is 0 Å². The quantitative estimate of drug-likeness (QED) is 0.920. The van der Waals surface area contributed by atoms with Crippen molar-refractivity contribution in [3.63, 3.8) is 0 Å². The molecule has 0 radical (unpaired) electrons. The van der Waals surface area contributed by atoms with Crippen molar-refractivity contribution in [1.82, 2.24) is 10.3 Å². The largest absolute Gasteiger partial charge is 0.496 e. The Bertz CT molecular complexity index is 621. The molecule has 0 aliphatic carbocycles. The van der Waals surface area contributed by atoms with E-state index >= 15 is 0 Å². The third kappa shape index (κ3) is 2.68. The number of benzene rings is 1. The fourth-order valence-corrected chi connectivity index (χ4v) is 2.64. The van der Waals surface area contributed by atoms with Crippen molar-refractivity contribution in [2.75, 3.05) is 13.2 Å². The van der Waals surface area contributed by atoms with Crippen molar-refractivity contribution in [2.45, 2.75) is 25.8 Å². The van der Waals surface area contributed by atoms with Gasteiger partial charge < -0.3 is 10.1 Å². The van der Waals surface area contributed by atoms with Gasteiger partial charge in [0, 0.05) is 11.6 Å². The second-order valence-corrected chi connectivity index (χ2v) is 5.04. The van der Waals surface area contributed by atoms with Crippen molar-refractivity contribution >= 4 is 10.9 Å². The molecular weight excluding hydrogens is 248 g/mol. The number of ether oxygens (including phenoxy) is 1. The number of fused-ring (bicyclic) bond motifs is 1. The summed E-state index contributed by atoms with van der Waals surface area (Å²) in [5.74, 6) is 1.06. The normalized spacial score (nSPS) is 16.6. The van der Waals surface area contributed by atoms with E-state index in [0.717, 1.165) is 37.3 Å². The van der Waals surface area contributed by atoms with Crippen molar-refractivity contribution < 1.29 is 4.74 Å². The Kier molecular flexibility index (Phi) is 3.97. The molecule has 104 valence electrons. The highest BCUT2D eigenvalue weighted by Gasteiger charge is 2.19. The van der Waals surface area contributed by atoms with Gasteiger partial charge in [-0.2, -0.15) is 0 Å². The molecule has 0 spiro atoms. The lowest BCUT2D eigenvalue weighted by molar-refractivity contribution is 0.168. The molecule has 3 heteroatoms. The van der Waals surface area contributed by atoms with E-state index in [9.17, 15) is 0 Å². The standard InChI is InChI=1S/C17H20N2O/c1-2-18-17(16-7-3-4-11-20-16)14-8-9-15-13(12-14)6-5-10-19-15/h5-10,12,17-18H,2-4,11H2,1H3. The summed E-state index contributed by atoms with van der Waals surface area (Å²) in [7, 11) is 0. The van der Waals surface area contributed by atoms with Crippen LogP contribution in [0, 0.1) is 0 Å². The van der Waals surface area contributed by atoms with Crippen molar-refractivity contribution in [3.05, 3.63) is 53.9 Å². The zero-order valence-electron chi connectivity index (χ0n) is 11.8. The Morgan fingerprint density at radius 3 is 3.10 bits per heavy atom. The predicted octanol–water partition coefficient (Wildman–Crippen LogP) is 3.58. The van der Waals surface area contributed by atoms with E-state index in [1.807, 2.05) is 12.3 Å². The van der Waals surface area contributed by atoms with Gasteiger partial charge in [0.1, 0.15) is 5.76 Å². The Labute approximate surface area is 119 Å². The first-order chi connectivity index (χ1) is 9.88. The van der Waals surface area contributed by atoms with Gasteiger partial charge in [0.25, 0.3) is 0 Å². The van der Waals surface area contributed by atoms with Crippen LogP contribution in [0.3, 0.4) is 0 Å². The second kappa shape index (κ2) is 6.06. The molecule has 1 N–H and O–H groups in total. The van der Waals surface area contributed by atoms with E-state index in [-0.39, 0.29) is 6.04 Å². The number of hydrogen-bond acceptors (Lipinski definition) is 3. The minimum atomic E-state index is 0.143. The molecular formula is C17H20N2O. The number of aromatic nitrogens is 1. The number of hydrogen-bond donors (Lipinski definition) is 1. The Morgan fingerprint density at radius 2 is 2.30 bits per heavy atom. The fraction of sp³-hybridized carbons (Fsp3) is 0.353. The van der Waals surface area contributed by atoms with E-state index in [2.05, 4.69) is 47.6 Å². The highest BCUT2D eigenvalue weighted by molar-refractivity contribution is 5.79. The minimum absolute atomic E-state index is 0.143. The monoisotopic (exact) mass is 268 g/mol. The number of pyridine rings is 1. The van der Waals surface area contributed by atoms with Gasteiger partial charge >= 0.3 is 0 Å². The van der Waals surface area contributed by atoms with Crippen LogP contribution in [0.5, 0.6) is 0 Å². The van der Waals surface area contributed by atoms with Gasteiger partial charge in [0.05, 0.1) is 18.2 Å². The summed E-state index contributed by atoms with van der Waals surface area (Å²) in [6.07, 6.45) is 6.26. The zero-order valence-corrected chi connectivity index (χ0v) is 11.8. The van der Waals surface area contributed by atoms with Crippen LogP contribution in [0.1, 0.15) is 31.4 Å². The van der Waals surface area contributed by atoms with Gasteiger partial charge in [0.15, 0.2) is 0 Å². The summed E-state index contributed by atoms with van der Waals surface area (Å²) in [4.78, 5) is 4.37. The Hall–Kier alpha value is -1.87. The summed E-state index contributed by atoms with van der Waals surface area (Å²) < 4.78 is 5.84. The number of allylic oxidation sites excluding steroid dienone is 1. The van der Waals surface area contributed by atoms with E-state index in [1.165, 1.54) is 10.9 Å². The third-order valence-electron chi connectivity index (χ3n) is 3.62. The van der Waals surface area contributed by atoms with Crippen molar-refractivity contribution in [2.24, 2.45) is 0 Å². The smallest absolute Gasteiger partial charge is 0.113 e. The van der Waals surface area contributed by atoms with Crippen LogP contribution in [-0.4, -0.2) is 18.1 Å². The second-order valence-electron chi connectivity index (χ2n) is 5.04. The first kappa shape index (κ1) is 13.1. The Balaban J connectivity index is 1.97.